The van der Waals surface area contributed by atoms with E-state index < -0.39 is 5.97 Å². The van der Waals surface area contributed by atoms with Crippen molar-refractivity contribution in [3.63, 3.8) is 0 Å². The van der Waals surface area contributed by atoms with Gasteiger partial charge in [-0.25, -0.2) is 9.59 Å². The van der Waals surface area contributed by atoms with E-state index in [1.165, 1.54) is 6.07 Å². The average molecular weight is 292 g/mol. The van der Waals surface area contributed by atoms with Gasteiger partial charge in [0.1, 0.15) is 0 Å². The van der Waals surface area contributed by atoms with Crippen LogP contribution in [-0.4, -0.2) is 55.4 Å². The van der Waals surface area contributed by atoms with Crippen LogP contribution in [0, 0.1) is 0 Å². The van der Waals surface area contributed by atoms with Gasteiger partial charge in [-0.05, 0) is 37.1 Å². The summed E-state index contributed by atoms with van der Waals surface area (Å²) < 4.78 is 5.07. The number of carboxylic acid groups (broad SMARTS) is 1. The van der Waals surface area contributed by atoms with Crippen LogP contribution in [0.25, 0.3) is 0 Å². The van der Waals surface area contributed by atoms with Crippen molar-refractivity contribution in [2.45, 2.75) is 19.4 Å². The van der Waals surface area contributed by atoms with E-state index in [4.69, 9.17) is 9.84 Å². The van der Waals surface area contributed by atoms with E-state index in [1.807, 2.05) is 6.92 Å². The van der Waals surface area contributed by atoms with Gasteiger partial charge in [0.05, 0.1) is 18.2 Å². The largest absolute Gasteiger partial charge is 0.478 e. The Morgan fingerprint density at radius 1 is 1.48 bits per heavy atom. The van der Waals surface area contributed by atoms with Crippen molar-refractivity contribution in [2.75, 3.05) is 32.2 Å². The van der Waals surface area contributed by atoms with Crippen molar-refractivity contribution >= 4 is 17.7 Å². The quantitative estimate of drug-likeness (QED) is 0.919. The molecular formula is C15H20N2O4. The number of aromatic carboxylic acids is 1. The van der Waals surface area contributed by atoms with E-state index in [1.54, 1.807) is 36.1 Å². The molecule has 0 aliphatic carbocycles. The van der Waals surface area contributed by atoms with Gasteiger partial charge >= 0.3 is 12.0 Å². The number of carboxylic acids is 1. The topological polar surface area (TPSA) is 70.1 Å². The summed E-state index contributed by atoms with van der Waals surface area (Å²) in [5.74, 6) is -0.951. The number of carbonyl (C=O) groups is 2. The highest BCUT2D eigenvalue weighted by molar-refractivity contribution is 5.96. The van der Waals surface area contributed by atoms with Gasteiger partial charge < -0.3 is 14.7 Å². The average Bonchev–Trinajstić information content (AvgIpc) is 2.88. The Morgan fingerprint density at radius 2 is 2.19 bits per heavy atom. The standard InChI is InChI=1S/C15H20N2O4/c1-10(9-21-3)16(2)15(20)17-7-6-11-8-12(14(18)19)4-5-13(11)17/h4-5,8,10H,6-7,9H2,1-3H3,(H,18,19). The fraction of sp³-hybridized carbons (Fsp3) is 0.467. The minimum Gasteiger partial charge on any atom is -0.478 e. The smallest absolute Gasteiger partial charge is 0.335 e. The second kappa shape index (κ2) is 6.13. The highest BCUT2D eigenvalue weighted by Gasteiger charge is 2.29. The molecule has 6 heteroatoms. The van der Waals surface area contributed by atoms with Crippen molar-refractivity contribution in [3.05, 3.63) is 29.3 Å². The number of ether oxygens (including phenoxy) is 1. The highest BCUT2D eigenvalue weighted by Crippen LogP contribution is 2.29. The van der Waals surface area contributed by atoms with Crippen LogP contribution in [0.5, 0.6) is 0 Å². The van der Waals surface area contributed by atoms with Crippen molar-refractivity contribution in [3.8, 4) is 0 Å². The molecule has 1 aliphatic rings. The molecular weight excluding hydrogens is 272 g/mol. The summed E-state index contributed by atoms with van der Waals surface area (Å²) in [5.41, 5.74) is 1.95. The number of carbonyl (C=O) groups excluding carboxylic acids is 1. The van der Waals surface area contributed by atoms with E-state index in [0.29, 0.717) is 19.6 Å². The molecule has 0 aromatic heterocycles. The lowest BCUT2D eigenvalue weighted by molar-refractivity contribution is 0.0697. The summed E-state index contributed by atoms with van der Waals surface area (Å²) in [5, 5.41) is 9.01. The summed E-state index contributed by atoms with van der Waals surface area (Å²) in [6.07, 6.45) is 0.675. The highest BCUT2D eigenvalue weighted by atomic mass is 16.5. The molecule has 1 aromatic rings. The van der Waals surface area contributed by atoms with E-state index in [2.05, 4.69) is 0 Å². The number of hydrogen-bond donors (Lipinski definition) is 1. The number of anilines is 1. The van der Waals surface area contributed by atoms with Crippen LogP contribution in [0.1, 0.15) is 22.8 Å². The number of hydrogen-bond acceptors (Lipinski definition) is 3. The number of benzene rings is 1. The van der Waals surface area contributed by atoms with Crippen LogP contribution >= 0.6 is 0 Å². The molecule has 0 spiro atoms. The van der Waals surface area contributed by atoms with Gasteiger partial charge in [-0.15, -0.1) is 0 Å². The summed E-state index contributed by atoms with van der Waals surface area (Å²) in [7, 11) is 3.35. The van der Waals surface area contributed by atoms with Crippen LogP contribution in [-0.2, 0) is 11.2 Å². The third kappa shape index (κ3) is 3.00. The van der Waals surface area contributed by atoms with E-state index in [0.717, 1.165) is 11.3 Å². The summed E-state index contributed by atoms with van der Waals surface area (Å²) in [6, 6.07) is 4.76. The van der Waals surface area contributed by atoms with Crippen molar-refractivity contribution < 1.29 is 19.4 Å². The fourth-order valence-corrected chi connectivity index (χ4v) is 2.47. The minimum absolute atomic E-state index is 0.0233. The Hall–Kier alpha value is -2.08. The van der Waals surface area contributed by atoms with Gasteiger partial charge in [0.15, 0.2) is 0 Å². The van der Waals surface area contributed by atoms with E-state index in [9.17, 15) is 9.59 Å². The van der Waals surface area contributed by atoms with E-state index in [-0.39, 0.29) is 17.6 Å². The predicted molar refractivity (Wildman–Crippen MR) is 78.9 cm³/mol. The number of nitrogens with zero attached hydrogens (tertiary/aromatic N) is 2. The Balaban J connectivity index is 2.19. The monoisotopic (exact) mass is 292 g/mol. The fourth-order valence-electron chi connectivity index (χ4n) is 2.47. The molecule has 1 atom stereocenters. The first-order chi connectivity index (χ1) is 9.95. The van der Waals surface area contributed by atoms with E-state index >= 15 is 0 Å². The Bertz CT molecular complexity index is 559. The molecule has 0 saturated heterocycles. The Labute approximate surface area is 123 Å². The lowest BCUT2D eigenvalue weighted by Gasteiger charge is -2.29. The summed E-state index contributed by atoms with van der Waals surface area (Å²) in [6.45, 7) is 2.97. The zero-order valence-corrected chi connectivity index (χ0v) is 12.5. The second-order valence-corrected chi connectivity index (χ2v) is 5.25. The van der Waals surface area contributed by atoms with Gasteiger partial charge in [0.25, 0.3) is 0 Å². The van der Waals surface area contributed by atoms with Gasteiger partial charge in [-0.2, -0.15) is 0 Å². The van der Waals surface area contributed by atoms with Crippen LogP contribution in [0.3, 0.4) is 0 Å². The predicted octanol–water partition coefficient (Wildman–Crippen LogP) is 1.83. The number of amides is 2. The zero-order chi connectivity index (χ0) is 15.6. The molecule has 0 bridgehead atoms. The Morgan fingerprint density at radius 3 is 2.81 bits per heavy atom. The van der Waals surface area contributed by atoms with Gasteiger partial charge in [-0.3, -0.25) is 4.90 Å². The molecule has 2 rings (SSSR count). The molecule has 2 amide bonds. The van der Waals surface area contributed by atoms with Gasteiger partial charge in [0, 0.05) is 26.4 Å². The molecule has 1 aliphatic heterocycles. The Kier molecular flexibility index (Phi) is 4.47. The number of urea groups is 1. The third-order valence-corrected chi connectivity index (χ3v) is 3.82. The molecule has 114 valence electrons. The van der Waals surface area contributed by atoms with Crippen LogP contribution < -0.4 is 4.90 Å². The summed E-state index contributed by atoms with van der Waals surface area (Å²) in [4.78, 5) is 26.8. The lowest BCUT2D eigenvalue weighted by Crippen LogP contribution is -2.46. The first kappa shape index (κ1) is 15.3. The zero-order valence-electron chi connectivity index (χ0n) is 12.5. The van der Waals surface area contributed by atoms with Crippen molar-refractivity contribution in [2.24, 2.45) is 0 Å². The molecule has 0 radical (unpaired) electrons. The maximum atomic E-state index is 12.5. The molecule has 1 N–H and O–H groups in total. The van der Waals surface area contributed by atoms with Crippen LogP contribution in [0.2, 0.25) is 0 Å². The number of fused-ring (bicyclic) bond motifs is 1. The molecule has 6 nitrogen and oxygen atoms in total. The normalized spacial score (nSPS) is 14.7. The van der Waals surface area contributed by atoms with Crippen molar-refractivity contribution in [1.82, 2.24) is 4.90 Å². The second-order valence-electron chi connectivity index (χ2n) is 5.25. The maximum absolute atomic E-state index is 12.5. The lowest BCUT2D eigenvalue weighted by atomic mass is 10.1. The summed E-state index contributed by atoms with van der Waals surface area (Å²) >= 11 is 0. The van der Waals surface area contributed by atoms with Crippen molar-refractivity contribution in [1.29, 1.82) is 0 Å². The van der Waals surface area contributed by atoms with Crippen LogP contribution in [0.4, 0.5) is 10.5 Å². The van der Waals surface area contributed by atoms with Crippen LogP contribution in [0.15, 0.2) is 18.2 Å². The first-order valence-electron chi connectivity index (χ1n) is 6.85. The molecule has 1 aromatic carbocycles. The molecule has 0 fully saturated rings. The third-order valence-electron chi connectivity index (χ3n) is 3.82. The number of likely N-dealkylation sites (N-methyl/N-ethyl adjacent to an activating group) is 1. The molecule has 21 heavy (non-hydrogen) atoms. The SMILES string of the molecule is COCC(C)N(C)C(=O)N1CCc2cc(C(=O)O)ccc21. The molecule has 1 heterocycles. The molecule has 0 saturated carbocycles. The molecule has 1 unspecified atom stereocenters. The number of rotatable bonds is 4. The number of methoxy groups -OCH3 is 1. The van der Waals surface area contributed by atoms with Gasteiger partial charge in [0.2, 0.25) is 0 Å². The minimum atomic E-state index is -0.951. The van der Waals surface area contributed by atoms with Gasteiger partial charge in [-0.1, -0.05) is 0 Å². The first-order valence-corrected chi connectivity index (χ1v) is 6.85. The maximum Gasteiger partial charge on any atom is 0.335 e.